The van der Waals surface area contributed by atoms with Crippen LogP contribution in [0.25, 0.3) is 0 Å². The number of methoxy groups -OCH3 is 1. The second-order valence-electron chi connectivity index (χ2n) is 7.89. The van der Waals surface area contributed by atoms with E-state index in [1.54, 1.807) is 76.4 Å². The highest BCUT2D eigenvalue weighted by Gasteiger charge is 2.36. The molecule has 0 radical (unpaired) electrons. The summed E-state index contributed by atoms with van der Waals surface area (Å²) in [5.74, 6) is -0.116. The molecule has 8 nitrogen and oxygen atoms in total. The molecule has 174 valence electrons. The molecule has 33 heavy (non-hydrogen) atoms. The van der Waals surface area contributed by atoms with E-state index in [-0.39, 0.29) is 18.0 Å². The molecule has 1 unspecified atom stereocenters. The molecule has 1 aliphatic rings. The third kappa shape index (κ3) is 5.34. The van der Waals surface area contributed by atoms with E-state index in [9.17, 15) is 14.4 Å². The van der Waals surface area contributed by atoms with Crippen LogP contribution in [0, 0.1) is 0 Å². The zero-order chi connectivity index (χ0) is 24.1. The second kappa shape index (κ2) is 10.2. The first-order chi connectivity index (χ1) is 15.7. The predicted octanol–water partition coefficient (Wildman–Crippen LogP) is 4.26. The molecule has 0 aliphatic carbocycles. The minimum atomic E-state index is -0.704. The van der Waals surface area contributed by atoms with Gasteiger partial charge in [-0.1, -0.05) is 12.1 Å². The summed E-state index contributed by atoms with van der Waals surface area (Å²) >= 11 is 0. The topological polar surface area (TPSA) is 97.0 Å². The quantitative estimate of drug-likeness (QED) is 0.613. The van der Waals surface area contributed by atoms with Crippen molar-refractivity contribution in [2.75, 3.05) is 19.0 Å². The summed E-state index contributed by atoms with van der Waals surface area (Å²) in [6.07, 6.45) is -0.304. The molecule has 0 saturated heterocycles. The molecule has 2 aromatic carbocycles. The molecule has 1 aliphatic heterocycles. The Morgan fingerprint density at radius 1 is 1.15 bits per heavy atom. The summed E-state index contributed by atoms with van der Waals surface area (Å²) in [6.45, 7) is 7.54. The van der Waals surface area contributed by atoms with E-state index in [1.807, 2.05) is 6.92 Å². The number of urea groups is 1. The van der Waals surface area contributed by atoms with Gasteiger partial charge in [0, 0.05) is 23.5 Å². The van der Waals surface area contributed by atoms with Gasteiger partial charge in [-0.3, -0.25) is 9.69 Å². The molecular weight excluding hydrogens is 422 g/mol. The molecule has 0 spiro atoms. The number of esters is 1. The largest absolute Gasteiger partial charge is 0.497 e. The molecular formula is C25H29N3O5. The van der Waals surface area contributed by atoms with E-state index in [0.29, 0.717) is 40.4 Å². The Balaban J connectivity index is 1.91. The Kier molecular flexibility index (Phi) is 7.37. The number of benzene rings is 2. The SMILES string of the molecule is CCN1C(=O)NC(c2cccc(NC(=O)c3ccc(OC)cc3)c2)C(C(=O)OC(C)C)=C1C. The molecule has 2 N–H and O–H groups in total. The lowest BCUT2D eigenvalue weighted by Crippen LogP contribution is -2.48. The van der Waals surface area contributed by atoms with Gasteiger partial charge in [0.2, 0.25) is 0 Å². The van der Waals surface area contributed by atoms with Gasteiger partial charge in [0.15, 0.2) is 0 Å². The first-order valence-electron chi connectivity index (χ1n) is 10.8. The molecule has 0 fully saturated rings. The van der Waals surface area contributed by atoms with Crippen LogP contribution in [0.5, 0.6) is 5.75 Å². The number of rotatable bonds is 7. The summed E-state index contributed by atoms with van der Waals surface area (Å²) in [5, 5.41) is 5.75. The zero-order valence-corrected chi connectivity index (χ0v) is 19.5. The highest BCUT2D eigenvalue weighted by Crippen LogP contribution is 2.32. The van der Waals surface area contributed by atoms with Gasteiger partial charge < -0.3 is 20.1 Å². The lowest BCUT2D eigenvalue weighted by Gasteiger charge is -2.35. The molecule has 1 atom stereocenters. The van der Waals surface area contributed by atoms with Crippen LogP contribution in [0.3, 0.4) is 0 Å². The van der Waals surface area contributed by atoms with Gasteiger partial charge in [-0.15, -0.1) is 0 Å². The highest BCUT2D eigenvalue weighted by atomic mass is 16.5. The van der Waals surface area contributed by atoms with E-state index < -0.39 is 12.0 Å². The van der Waals surface area contributed by atoms with Crippen molar-refractivity contribution in [3.63, 3.8) is 0 Å². The first kappa shape index (κ1) is 23.8. The molecule has 1 heterocycles. The standard InChI is InChI=1S/C25H29N3O5/c1-6-28-16(4)21(24(30)33-15(2)3)22(27-25(28)31)18-8-7-9-19(14-18)26-23(29)17-10-12-20(32-5)13-11-17/h7-15,22H,6H2,1-5H3,(H,26,29)(H,27,31). The average Bonchev–Trinajstić information content (AvgIpc) is 2.78. The summed E-state index contributed by atoms with van der Waals surface area (Å²) in [4.78, 5) is 39.8. The van der Waals surface area contributed by atoms with E-state index in [0.717, 1.165) is 0 Å². The van der Waals surface area contributed by atoms with Crippen molar-refractivity contribution >= 4 is 23.6 Å². The van der Waals surface area contributed by atoms with Crippen molar-refractivity contribution in [1.82, 2.24) is 10.2 Å². The number of ether oxygens (including phenoxy) is 2. The molecule has 3 rings (SSSR count). The third-order valence-corrected chi connectivity index (χ3v) is 5.31. The number of nitrogens with one attached hydrogen (secondary N) is 2. The van der Waals surface area contributed by atoms with Crippen LogP contribution in [-0.2, 0) is 9.53 Å². The number of hydrogen-bond acceptors (Lipinski definition) is 5. The maximum Gasteiger partial charge on any atom is 0.338 e. The smallest absolute Gasteiger partial charge is 0.338 e. The Hall–Kier alpha value is -3.81. The average molecular weight is 452 g/mol. The predicted molar refractivity (Wildman–Crippen MR) is 125 cm³/mol. The van der Waals surface area contributed by atoms with Crippen LogP contribution in [0.2, 0.25) is 0 Å². The Morgan fingerprint density at radius 2 is 1.85 bits per heavy atom. The van der Waals surface area contributed by atoms with Gasteiger partial charge >= 0.3 is 12.0 Å². The monoisotopic (exact) mass is 451 g/mol. The van der Waals surface area contributed by atoms with Crippen molar-refractivity contribution in [3.05, 3.63) is 70.9 Å². The van der Waals surface area contributed by atoms with Gasteiger partial charge in [-0.05, 0) is 69.7 Å². The van der Waals surface area contributed by atoms with E-state index in [2.05, 4.69) is 10.6 Å². The number of anilines is 1. The van der Waals surface area contributed by atoms with Crippen LogP contribution < -0.4 is 15.4 Å². The van der Waals surface area contributed by atoms with E-state index in [4.69, 9.17) is 9.47 Å². The fourth-order valence-corrected chi connectivity index (χ4v) is 3.70. The highest BCUT2D eigenvalue weighted by molar-refractivity contribution is 6.04. The summed E-state index contributed by atoms with van der Waals surface area (Å²) < 4.78 is 10.6. The maximum absolute atomic E-state index is 12.9. The number of carbonyl (C=O) groups excluding carboxylic acids is 3. The van der Waals surface area contributed by atoms with Gasteiger partial charge in [0.1, 0.15) is 5.75 Å². The lowest BCUT2D eigenvalue weighted by atomic mass is 9.94. The van der Waals surface area contributed by atoms with Crippen molar-refractivity contribution in [3.8, 4) is 5.75 Å². The Labute approximate surface area is 193 Å². The minimum absolute atomic E-state index is 0.286. The van der Waals surface area contributed by atoms with Crippen LogP contribution in [0.4, 0.5) is 10.5 Å². The van der Waals surface area contributed by atoms with E-state index in [1.165, 1.54) is 4.90 Å². The minimum Gasteiger partial charge on any atom is -0.497 e. The van der Waals surface area contributed by atoms with Gasteiger partial charge in [-0.2, -0.15) is 0 Å². The first-order valence-corrected chi connectivity index (χ1v) is 10.8. The Morgan fingerprint density at radius 3 is 2.45 bits per heavy atom. The van der Waals surface area contributed by atoms with Gasteiger partial charge in [-0.25, -0.2) is 9.59 Å². The second-order valence-corrected chi connectivity index (χ2v) is 7.89. The van der Waals surface area contributed by atoms with Crippen molar-refractivity contribution < 1.29 is 23.9 Å². The molecule has 2 aromatic rings. The molecule has 3 amide bonds. The fourth-order valence-electron chi connectivity index (χ4n) is 3.70. The number of carbonyl (C=O) groups is 3. The fraction of sp³-hybridized carbons (Fsp3) is 0.320. The zero-order valence-electron chi connectivity index (χ0n) is 19.5. The summed E-state index contributed by atoms with van der Waals surface area (Å²) in [7, 11) is 1.56. The molecule has 0 saturated carbocycles. The number of hydrogen-bond donors (Lipinski definition) is 2. The van der Waals surface area contributed by atoms with E-state index >= 15 is 0 Å². The van der Waals surface area contributed by atoms with Crippen LogP contribution in [0.1, 0.15) is 49.7 Å². The normalized spacial score (nSPS) is 15.9. The third-order valence-electron chi connectivity index (χ3n) is 5.31. The number of amides is 3. The molecule has 0 aromatic heterocycles. The van der Waals surface area contributed by atoms with Crippen molar-refractivity contribution in [1.29, 1.82) is 0 Å². The maximum atomic E-state index is 12.9. The Bertz CT molecular complexity index is 1080. The van der Waals surface area contributed by atoms with Crippen molar-refractivity contribution in [2.24, 2.45) is 0 Å². The van der Waals surface area contributed by atoms with Crippen LogP contribution in [-0.4, -0.2) is 42.6 Å². The lowest BCUT2D eigenvalue weighted by molar-refractivity contribution is -0.143. The number of allylic oxidation sites excluding steroid dienone is 1. The van der Waals surface area contributed by atoms with Crippen LogP contribution >= 0.6 is 0 Å². The molecule has 0 bridgehead atoms. The van der Waals surface area contributed by atoms with Crippen molar-refractivity contribution in [2.45, 2.75) is 39.8 Å². The van der Waals surface area contributed by atoms with Gasteiger partial charge in [0.05, 0.1) is 24.8 Å². The summed E-state index contributed by atoms with van der Waals surface area (Å²) in [5.41, 5.74) is 2.58. The van der Waals surface area contributed by atoms with Crippen LogP contribution in [0.15, 0.2) is 59.8 Å². The van der Waals surface area contributed by atoms with Gasteiger partial charge in [0.25, 0.3) is 5.91 Å². The number of nitrogens with zero attached hydrogens (tertiary/aromatic N) is 1. The molecule has 8 heteroatoms. The summed E-state index contributed by atoms with van der Waals surface area (Å²) in [6, 6.07) is 12.8.